The first-order valence-electron chi connectivity index (χ1n) is 6.46. The molecule has 0 saturated carbocycles. The number of carbonyl (C=O) groups excluding carboxylic acids is 1. The SMILES string of the molecule is CCC(CCO)CNC(C)C(=O)NC(C)(C)C. The number of aliphatic hydroxyl groups excluding tert-OH is 1. The molecule has 0 aromatic carbocycles. The molecule has 0 radical (unpaired) electrons. The second kappa shape index (κ2) is 7.67. The molecule has 0 spiro atoms. The zero-order valence-electron chi connectivity index (χ0n) is 11.8. The predicted octanol–water partition coefficient (Wildman–Crippen LogP) is 1.29. The lowest BCUT2D eigenvalue weighted by Crippen LogP contribution is -2.50. The van der Waals surface area contributed by atoms with Gasteiger partial charge in [-0.1, -0.05) is 13.3 Å². The first kappa shape index (κ1) is 16.4. The lowest BCUT2D eigenvalue weighted by molar-refractivity contribution is -0.124. The molecule has 4 nitrogen and oxygen atoms in total. The first-order valence-corrected chi connectivity index (χ1v) is 6.46. The van der Waals surface area contributed by atoms with Crippen molar-refractivity contribution in [2.45, 2.75) is 59.0 Å². The summed E-state index contributed by atoms with van der Waals surface area (Å²) in [7, 11) is 0. The molecule has 1 amide bonds. The van der Waals surface area contributed by atoms with E-state index >= 15 is 0 Å². The Morgan fingerprint density at radius 3 is 2.35 bits per heavy atom. The van der Waals surface area contributed by atoms with Crippen LogP contribution in [0.1, 0.15) is 47.5 Å². The van der Waals surface area contributed by atoms with Gasteiger partial charge in [0.2, 0.25) is 5.91 Å². The van der Waals surface area contributed by atoms with Crippen molar-refractivity contribution in [3.8, 4) is 0 Å². The van der Waals surface area contributed by atoms with Crippen LogP contribution in [-0.4, -0.2) is 35.7 Å². The second-order valence-electron chi connectivity index (χ2n) is 5.66. The van der Waals surface area contributed by atoms with Gasteiger partial charge < -0.3 is 15.7 Å². The van der Waals surface area contributed by atoms with E-state index in [-0.39, 0.29) is 24.1 Å². The molecule has 0 saturated heterocycles. The summed E-state index contributed by atoms with van der Waals surface area (Å²) >= 11 is 0. The van der Waals surface area contributed by atoms with Crippen LogP contribution in [-0.2, 0) is 4.79 Å². The summed E-state index contributed by atoms with van der Waals surface area (Å²) < 4.78 is 0. The maximum Gasteiger partial charge on any atom is 0.237 e. The second-order valence-corrected chi connectivity index (χ2v) is 5.66. The maximum absolute atomic E-state index is 11.8. The van der Waals surface area contributed by atoms with Crippen molar-refractivity contribution in [1.82, 2.24) is 10.6 Å². The highest BCUT2D eigenvalue weighted by Gasteiger charge is 2.19. The summed E-state index contributed by atoms with van der Waals surface area (Å²) in [5, 5.41) is 15.0. The topological polar surface area (TPSA) is 61.4 Å². The van der Waals surface area contributed by atoms with Gasteiger partial charge in [0.25, 0.3) is 0 Å². The molecule has 0 fully saturated rings. The van der Waals surface area contributed by atoms with Gasteiger partial charge in [0.1, 0.15) is 0 Å². The molecule has 102 valence electrons. The third kappa shape index (κ3) is 8.16. The first-order chi connectivity index (χ1) is 7.80. The van der Waals surface area contributed by atoms with Crippen molar-refractivity contribution < 1.29 is 9.90 Å². The van der Waals surface area contributed by atoms with Crippen molar-refractivity contribution >= 4 is 5.91 Å². The maximum atomic E-state index is 11.8. The molecule has 4 heteroatoms. The van der Waals surface area contributed by atoms with Crippen LogP contribution in [0.25, 0.3) is 0 Å². The highest BCUT2D eigenvalue weighted by molar-refractivity contribution is 5.81. The Hall–Kier alpha value is -0.610. The van der Waals surface area contributed by atoms with E-state index in [4.69, 9.17) is 5.11 Å². The van der Waals surface area contributed by atoms with Gasteiger partial charge in [0.15, 0.2) is 0 Å². The molecule has 0 aliphatic carbocycles. The highest BCUT2D eigenvalue weighted by Crippen LogP contribution is 2.06. The largest absolute Gasteiger partial charge is 0.396 e. The number of nitrogens with one attached hydrogen (secondary N) is 2. The Morgan fingerprint density at radius 2 is 1.94 bits per heavy atom. The van der Waals surface area contributed by atoms with Gasteiger partial charge in [-0.15, -0.1) is 0 Å². The van der Waals surface area contributed by atoms with Crippen LogP contribution in [0.5, 0.6) is 0 Å². The molecular weight excluding hydrogens is 216 g/mol. The molecule has 0 heterocycles. The van der Waals surface area contributed by atoms with Gasteiger partial charge in [-0.2, -0.15) is 0 Å². The molecule has 0 aliphatic heterocycles. The normalized spacial score (nSPS) is 15.4. The number of hydrogen-bond donors (Lipinski definition) is 3. The summed E-state index contributed by atoms with van der Waals surface area (Å²) in [4.78, 5) is 11.8. The predicted molar refractivity (Wildman–Crippen MR) is 70.8 cm³/mol. The van der Waals surface area contributed by atoms with E-state index in [1.165, 1.54) is 0 Å². The molecule has 0 rings (SSSR count). The van der Waals surface area contributed by atoms with Crippen LogP contribution < -0.4 is 10.6 Å². The molecule has 2 atom stereocenters. The minimum Gasteiger partial charge on any atom is -0.396 e. The summed E-state index contributed by atoms with van der Waals surface area (Å²) in [5.41, 5.74) is -0.192. The van der Waals surface area contributed by atoms with Gasteiger partial charge in [-0.3, -0.25) is 4.79 Å². The van der Waals surface area contributed by atoms with Crippen molar-refractivity contribution in [2.24, 2.45) is 5.92 Å². The molecule has 0 bridgehead atoms. The van der Waals surface area contributed by atoms with Crippen LogP contribution in [0.2, 0.25) is 0 Å². The Morgan fingerprint density at radius 1 is 1.35 bits per heavy atom. The van der Waals surface area contributed by atoms with Crippen molar-refractivity contribution in [3.05, 3.63) is 0 Å². The van der Waals surface area contributed by atoms with Crippen LogP contribution >= 0.6 is 0 Å². The van der Waals surface area contributed by atoms with Crippen molar-refractivity contribution in [2.75, 3.05) is 13.2 Å². The smallest absolute Gasteiger partial charge is 0.237 e. The fourth-order valence-corrected chi connectivity index (χ4v) is 1.55. The lowest BCUT2D eigenvalue weighted by atomic mass is 10.0. The summed E-state index contributed by atoms with van der Waals surface area (Å²) in [6, 6.07) is -0.193. The number of aliphatic hydroxyl groups is 1. The quantitative estimate of drug-likeness (QED) is 0.632. The molecule has 17 heavy (non-hydrogen) atoms. The van der Waals surface area contributed by atoms with Gasteiger partial charge in [-0.25, -0.2) is 0 Å². The fourth-order valence-electron chi connectivity index (χ4n) is 1.55. The summed E-state index contributed by atoms with van der Waals surface area (Å²) in [5.74, 6) is 0.459. The Labute approximate surface area is 105 Å². The summed E-state index contributed by atoms with van der Waals surface area (Å²) in [6.45, 7) is 10.9. The average molecular weight is 244 g/mol. The van der Waals surface area contributed by atoms with E-state index in [0.29, 0.717) is 5.92 Å². The van der Waals surface area contributed by atoms with Gasteiger partial charge >= 0.3 is 0 Å². The van der Waals surface area contributed by atoms with E-state index in [9.17, 15) is 4.79 Å². The molecule has 0 aromatic rings. The van der Waals surface area contributed by atoms with Gasteiger partial charge in [0, 0.05) is 12.1 Å². The van der Waals surface area contributed by atoms with E-state index in [1.807, 2.05) is 27.7 Å². The fraction of sp³-hybridized carbons (Fsp3) is 0.923. The van der Waals surface area contributed by atoms with Crippen LogP contribution in [0.3, 0.4) is 0 Å². The molecule has 2 unspecified atom stereocenters. The van der Waals surface area contributed by atoms with E-state index in [2.05, 4.69) is 17.6 Å². The van der Waals surface area contributed by atoms with Crippen LogP contribution in [0.15, 0.2) is 0 Å². The monoisotopic (exact) mass is 244 g/mol. The summed E-state index contributed by atoms with van der Waals surface area (Å²) in [6.07, 6.45) is 1.80. The third-order valence-electron chi connectivity index (χ3n) is 2.72. The number of amides is 1. The molecule has 0 aliphatic rings. The average Bonchev–Trinajstić information content (AvgIpc) is 2.21. The molecule has 0 aromatic heterocycles. The lowest BCUT2D eigenvalue weighted by Gasteiger charge is -2.24. The highest BCUT2D eigenvalue weighted by atomic mass is 16.3. The standard InChI is InChI=1S/C13H28N2O2/c1-6-11(7-8-16)9-14-10(2)12(17)15-13(3,4)5/h10-11,14,16H,6-9H2,1-5H3,(H,15,17). The molecular formula is C13H28N2O2. The Balaban J connectivity index is 3.99. The minimum atomic E-state index is -0.193. The van der Waals surface area contributed by atoms with Crippen molar-refractivity contribution in [3.63, 3.8) is 0 Å². The zero-order valence-corrected chi connectivity index (χ0v) is 11.8. The Bertz CT molecular complexity index is 224. The van der Waals surface area contributed by atoms with Crippen molar-refractivity contribution in [1.29, 1.82) is 0 Å². The van der Waals surface area contributed by atoms with E-state index in [1.54, 1.807) is 0 Å². The van der Waals surface area contributed by atoms with Crippen LogP contribution in [0, 0.1) is 5.92 Å². The number of hydrogen-bond acceptors (Lipinski definition) is 3. The van der Waals surface area contributed by atoms with Gasteiger partial charge in [-0.05, 0) is 46.6 Å². The number of carbonyl (C=O) groups is 1. The zero-order chi connectivity index (χ0) is 13.5. The van der Waals surface area contributed by atoms with E-state index < -0.39 is 0 Å². The molecule has 3 N–H and O–H groups in total. The van der Waals surface area contributed by atoms with Crippen LogP contribution in [0.4, 0.5) is 0 Å². The van der Waals surface area contributed by atoms with Gasteiger partial charge in [0.05, 0.1) is 6.04 Å². The third-order valence-corrected chi connectivity index (χ3v) is 2.72. The Kier molecular flexibility index (Phi) is 7.39. The minimum absolute atomic E-state index is 0.0244. The van der Waals surface area contributed by atoms with E-state index in [0.717, 1.165) is 19.4 Å². The number of rotatable bonds is 7.